The lowest BCUT2D eigenvalue weighted by molar-refractivity contribution is 0.0520. The zero-order valence-electron chi connectivity index (χ0n) is 9.91. The molecule has 0 aromatic carbocycles. The van der Waals surface area contributed by atoms with Crippen LogP contribution in [0.4, 0.5) is 0 Å². The lowest BCUT2D eigenvalue weighted by atomic mass is 10.2. The summed E-state index contributed by atoms with van der Waals surface area (Å²) < 4.78 is 8.26. The van der Waals surface area contributed by atoms with Gasteiger partial charge in [-0.25, -0.2) is 14.5 Å². The second-order valence-electron chi connectivity index (χ2n) is 3.52. The van der Waals surface area contributed by atoms with Crippen molar-refractivity contribution >= 4 is 5.97 Å². The van der Waals surface area contributed by atoms with Crippen LogP contribution in [0.25, 0.3) is 11.4 Å². The van der Waals surface area contributed by atoms with Gasteiger partial charge in [-0.2, -0.15) is 0 Å². The summed E-state index contributed by atoms with van der Waals surface area (Å²) in [7, 11) is 3.56. The van der Waals surface area contributed by atoms with Crippen LogP contribution in [0.5, 0.6) is 0 Å². The number of aryl methyl sites for hydroxylation is 2. The van der Waals surface area contributed by atoms with Gasteiger partial charge in [-0.1, -0.05) is 5.21 Å². The summed E-state index contributed by atoms with van der Waals surface area (Å²) in [5, 5.41) is 7.67. The van der Waals surface area contributed by atoms with E-state index in [4.69, 9.17) is 4.74 Å². The van der Waals surface area contributed by atoms with Gasteiger partial charge in [0.1, 0.15) is 5.69 Å². The van der Waals surface area contributed by atoms with E-state index in [0.29, 0.717) is 12.3 Å². The molecule has 0 aliphatic rings. The van der Waals surface area contributed by atoms with E-state index in [9.17, 15) is 4.79 Å². The lowest BCUT2D eigenvalue weighted by Crippen LogP contribution is -2.08. The Bertz CT molecular complexity index is 543. The molecule has 0 radical (unpaired) electrons. The number of rotatable bonds is 3. The second-order valence-corrected chi connectivity index (χ2v) is 3.52. The van der Waals surface area contributed by atoms with Crippen LogP contribution in [0.15, 0.2) is 12.5 Å². The van der Waals surface area contributed by atoms with E-state index in [-0.39, 0.29) is 5.69 Å². The fourth-order valence-corrected chi connectivity index (χ4v) is 1.57. The molecule has 2 rings (SSSR count). The molecule has 2 aromatic heterocycles. The molecule has 2 aromatic rings. The first-order valence-corrected chi connectivity index (χ1v) is 5.18. The average molecular weight is 235 g/mol. The van der Waals surface area contributed by atoms with Gasteiger partial charge in [0, 0.05) is 14.1 Å². The van der Waals surface area contributed by atoms with Gasteiger partial charge in [0.15, 0.2) is 5.69 Å². The van der Waals surface area contributed by atoms with Crippen molar-refractivity contribution in [3.8, 4) is 11.4 Å². The molecule has 0 saturated carbocycles. The summed E-state index contributed by atoms with van der Waals surface area (Å²) in [4.78, 5) is 15.7. The molecule has 17 heavy (non-hydrogen) atoms. The molecule has 0 amide bonds. The van der Waals surface area contributed by atoms with Crippen LogP contribution in [0.2, 0.25) is 0 Å². The molecular weight excluding hydrogens is 222 g/mol. The van der Waals surface area contributed by atoms with E-state index in [1.54, 1.807) is 31.1 Å². The van der Waals surface area contributed by atoms with E-state index in [2.05, 4.69) is 15.3 Å². The minimum atomic E-state index is -0.475. The lowest BCUT2D eigenvalue weighted by Gasteiger charge is -2.04. The smallest absolute Gasteiger partial charge is 0.361 e. The van der Waals surface area contributed by atoms with Crippen molar-refractivity contribution in [3.05, 3.63) is 18.2 Å². The highest BCUT2D eigenvalue weighted by Gasteiger charge is 2.22. The van der Waals surface area contributed by atoms with Gasteiger partial charge >= 0.3 is 5.97 Å². The van der Waals surface area contributed by atoms with Crippen LogP contribution in [-0.2, 0) is 18.8 Å². The zero-order valence-corrected chi connectivity index (χ0v) is 9.91. The van der Waals surface area contributed by atoms with Crippen LogP contribution in [0, 0.1) is 0 Å². The van der Waals surface area contributed by atoms with Gasteiger partial charge in [-0.3, -0.25) is 0 Å². The van der Waals surface area contributed by atoms with Crippen LogP contribution in [-0.4, -0.2) is 37.1 Å². The van der Waals surface area contributed by atoms with Gasteiger partial charge in [0.05, 0.1) is 24.8 Å². The molecule has 0 saturated heterocycles. The topological polar surface area (TPSA) is 74.8 Å². The average Bonchev–Trinajstić information content (AvgIpc) is 2.85. The Labute approximate surface area is 98.0 Å². The van der Waals surface area contributed by atoms with Gasteiger partial charge in [-0.05, 0) is 6.92 Å². The number of hydrogen-bond donors (Lipinski definition) is 0. The van der Waals surface area contributed by atoms with Crippen molar-refractivity contribution < 1.29 is 9.53 Å². The Hall–Kier alpha value is -2.18. The number of hydrogen-bond acceptors (Lipinski definition) is 5. The Morgan fingerprint density at radius 2 is 2.24 bits per heavy atom. The number of carbonyl (C=O) groups is 1. The number of ether oxygens (including phenoxy) is 1. The summed E-state index contributed by atoms with van der Waals surface area (Å²) in [6.07, 6.45) is 3.30. The fraction of sp³-hybridized carbons (Fsp3) is 0.400. The number of esters is 1. The highest BCUT2D eigenvalue weighted by molar-refractivity contribution is 5.93. The van der Waals surface area contributed by atoms with Crippen molar-refractivity contribution in [2.45, 2.75) is 6.92 Å². The van der Waals surface area contributed by atoms with Crippen molar-refractivity contribution in [3.63, 3.8) is 0 Å². The molecular formula is C10H13N5O2. The van der Waals surface area contributed by atoms with Crippen molar-refractivity contribution in [1.82, 2.24) is 24.5 Å². The van der Waals surface area contributed by atoms with Crippen molar-refractivity contribution in [2.75, 3.05) is 6.61 Å². The minimum absolute atomic E-state index is 0.206. The molecule has 0 unspecified atom stereocenters. The van der Waals surface area contributed by atoms with Gasteiger partial charge in [0.2, 0.25) is 0 Å². The quantitative estimate of drug-likeness (QED) is 0.719. The number of aromatic nitrogens is 5. The predicted molar refractivity (Wildman–Crippen MR) is 59.2 cm³/mol. The van der Waals surface area contributed by atoms with Gasteiger partial charge in [-0.15, -0.1) is 5.10 Å². The normalized spacial score (nSPS) is 10.5. The zero-order chi connectivity index (χ0) is 12.4. The molecule has 0 N–H and O–H groups in total. The Morgan fingerprint density at radius 1 is 1.47 bits per heavy atom. The summed E-state index contributed by atoms with van der Waals surface area (Å²) in [6.45, 7) is 2.05. The molecule has 0 aliphatic carbocycles. The molecule has 7 heteroatoms. The first kappa shape index (κ1) is 11.3. The standard InChI is InChI=1S/C10H13N5O2/c1-4-17-10(16)8-9(15(3)13-12-8)7-5-11-6-14(7)2/h5-6H,4H2,1-3H3. The molecule has 0 spiro atoms. The molecule has 0 aliphatic heterocycles. The van der Waals surface area contributed by atoms with E-state index in [0.717, 1.165) is 5.69 Å². The molecule has 0 atom stereocenters. The summed E-state index contributed by atoms with van der Waals surface area (Å²) >= 11 is 0. The third kappa shape index (κ3) is 1.91. The highest BCUT2D eigenvalue weighted by atomic mass is 16.5. The number of imidazole rings is 1. The highest BCUT2D eigenvalue weighted by Crippen LogP contribution is 2.20. The summed E-state index contributed by atoms with van der Waals surface area (Å²) in [5.74, 6) is -0.475. The Morgan fingerprint density at radius 3 is 2.82 bits per heavy atom. The summed E-state index contributed by atoms with van der Waals surface area (Å²) in [6, 6.07) is 0. The molecule has 0 bridgehead atoms. The van der Waals surface area contributed by atoms with Crippen molar-refractivity contribution in [2.24, 2.45) is 14.1 Å². The maximum atomic E-state index is 11.7. The van der Waals surface area contributed by atoms with E-state index < -0.39 is 5.97 Å². The largest absolute Gasteiger partial charge is 0.461 e. The van der Waals surface area contributed by atoms with Crippen molar-refractivity contribution in [1.29, 1.82) is 0 Å². The maximum absolute atomic E-state index is 11.7. The van der Waals surface area contributed by atoms with Crippen LogP contribution in [0.3, 0.4) is 0 Å². The predicted octanol–water partition coefficient (Wildman–Crippen LogP) is 0.392. The molecule has 0 fully saturated rings. The number of nitrogens with zero attached hydrogens (tertiary/aromatic N) is 5. The first-order chi connectivity index (χ1) is 8.15. The molecule has 7 nitrogen and oxygen atoms in total. The minimum Gasteiger partial charge on any atom is -0.461 e. The fourth-order valence-electron chi connectivity index (χ4n) is 1.57. The van der Waals surface area contributed by atoms with Crippen LogP contribution < -0.4 is 0 Å². The molecule has 2 heterocycles. The monoisotopic (exact) mass is 235 g/mol. The maximum Gasteiger partial charge on any atom is 0.361 e. The van der Waals surface area contributed by atoms with Gasteiger partial charge in [0.25, 0.3) is 0 Å². The van der Waals surface area contributed by atoms with Crippen LogP contribution in [0.1, 0.15) is 17.4 Å². The van der Waals surface area contributed by atoms with E-state index in [1.165, 1.54) is 4.68 Å². The third-order valence-electron chi connectivity index (χ3n) is 2.35. The van der Waals surface area contributed by atoms with Crippen LogP contribution >= 0.6 is 0 Å². The first-order valence-electron chi connectivity index (χ1n) is 5.18. The summed E-state index contributed by atoms with van der Waals surface area (Å²) in [5.41, 5.74) is 1.57. The Kier molecular flexibility index (Phi) is 2.90. The Balaban J connectivity index is 2.50. The number of carbonyl (C=O) groups excluding carboxylic acids is 1. The third-order valence-corrected chi connectivity index (χ3v) is 2.35. The second kappa shape index (κ2) is 4.36. The molecule has 90 valence electrons. The van der Waals surface area contributed by atoms with Gasteiger partial charge < -0.3 is 9.30 Å². The van der Waals surface area contributed by atoms with E-state index >= 15 is 0 Å². The van der Waals surface area contributed by atoms with E-state index in [1.807, 2.05) is 7.05 Å². The SMILES string of the molecule is CCOC(=O)c1nnn(C)c1-c1cncn1C.